The van der Waals surface area contributed by atoms with Crippen molar-refractivity contribution in [2.45, 2.75) is 57.9 Å². The van der Waals surface area contributed by atoms with E-state index in [4.69, 9.17) is 0 Å². The summed E-state index contributed by atoms with van der Waals surface area (Å²) < 4.78 is 0.423. The van der Waals surface area contributed by atoms with Gasteiger partial charge in [0.25, 0.3) is 0 Å². The Labute approximate surface area is 87.3 Å². The molecule has 1 heterocycles. The average molecular weight is 201 g/mol. The molecule has 1 saturated heterocycles. The Morgan fingerprint density at radius 1 is 1.15 bits per heavy atom. The zero-order chi connectivity index (χ0) is 10.3. The topological polar surface area (TPSA) is 3.01 Å². The van der Waals surface area contributed by atoms with Gasteiger partial charge in [0.1, 0.15) is 0 Å². The molecule has 0 amide bonds. The van der Waals surface area contributed by atoms with E-state index in [2.05, 4.69) is 58.2 Å². The zero-order valence-electron chi connectivity index (χ0n) is 9.85. The van der Waals surface area contributed by atoms with Gasteiger partial charge in [0.05, 0.1) is 0 Å². The van der Waals surface area contributed by atoms with Crippen molar-refractivity contribution in [2.24, 2.45) is 0 Å². The SMILES string of the molecule is CC(C)(C)SCC1CN1C(C)(C)C. The van der Waals surface area contributed by atoms with Crippen LogP contribution in [0.15, 0.2) is 0 Å². The lowest BCUT2D eigenvalue weighted by Crippen LogP contribution is -2.28. The molecule has 0 aromatic heterocycles. The lowest BCUT2D eigenvalue weighted by Gasteiger charge is -2.23. The molecular formula is C11H23NS. The van der Waals surface area contributed by atoms with E-state index >= 15 is 0 Å². The van der Waals surface area contributed by atoms with Gasteiger partial charge >= 0.3 is 0 Å². The van der Waals surface area contributed by atoms with Crippen LogP contribution in [0.3, 0.4) is 0 Å². The molecule has 0 aliphatic carbocycles. The first-order valence-corrected chi connectivity index (χ1v) is 6.09. The van der Waals surface area contributed by atoms with E-state index in [1.54, 1.807) is 0 Å². The fourth-order valence-corrected chi connectivity index (χ4v) is 2.47. The van der Waals surface area contributed by atoms with Crippen molar-refractivity contribution >= 4 is 11.8 Å². The number of rotatable bonds is 2. The van der Waals surface area contributed by atoms with Crippen molar-refractivity contribution in [3.63, 3.8) is 0 Å². The second-order valence-corrected chi connectivity index (χ2v) is 7.75. The van der Waals surface area contributed by atoms with Crippen LogP contribution in [-0.4, -0.2) is 33.5 Å². The van der Waals surface area contributed by atoms with Crippen molar-refractivity contribution in [3.8, 4) is 0 Å². The van der Waals surface area contributed by atoms with Crippen molar-refractivity contribution in [2.75, 3.05) is 12.3 Å². The third kappa shape index (κ3) is 3.90. The lowest BCUT2D eigenvalue weighted by molar-refractivity contribution is 0.292. The van der Waals surface area contributed by atoms with Gasteiger partial charge in [-0.3, -0.25) is 4.90 Å². The van der Waals surface area contributed by atoms with Gasteiger partial charge < -0.3 is 0 Å². The summed E-state index contributed by atoms with van der Waals surface area (Å²) in [6, 6.07) is 0.837. The van der Waals surface area contributed by atoms with E-state index in [-0.39, 0.29) is 0 Å². The van der Waals surface area contributed by atoms with Crippen LogP contribution in [0.1, 0.15) is 41.5 Å². The normalized spacial score (nSPS) is 29.1. The predicted molar refractivity (Wildman–Crippen MR) is 62.5 cm³/mol. The predicted octanol–water partition coefficient (Wildman–Crippen LogP) is 3.00. The molecule has 1 nitrogen and oxygen atoms in total. The Bertz CT molecular complexity index is 176. The molecule has 0 aromatic rings. The van der Waals surface area contributed by atoms with Crippen LogP contribution in [0, 0.1) is 0 Å². The van der Waals surface area contributed by atoms with Crippen LogP contribution in [-0.2, 0) is 0 Å². The minimum Gasteiger partial charge on any atom is -0.292 e. The van der Waals surface area contributed by atoms with E-state index in [0.717, 1.165) is 6.04 Å². The molecule has 0 aromatic carbocycles. The third-order valence-corrected chi connectivity index (χ3v) is 3.70. The van der Waals surface area contributed by atoms with Crippen LogP contribution in [0.5, 0.6) is 0 Å². The van der Waals surface area contributed by atoms with E-state index in [1.807, 2.05) is 0 Å². The summed E-state index contributed by atoms with van der Waals surface area (Å²) in [5.41, 5.74) is 0.378. The molecule has 2 atom stereocenters. The van der Waals surface area contributed by atoms with Crippen LogP contribution >= 0.6 is 11.8 Å². The maximum Gasteiger partial charge on any atom is 0.0320 e. The summed E-state index contributed by atoms with van der Waals surface area (Å²) in [5, 5.41) is 0. The van der Waals surface area contributed by atoms with Gasteiger partial charge in [0.2, 0.25) is 0 Å². The van der Waals surface area contributed by atoms with E-state index < -0.39 is 0 Å². The van der Waals surface area contributed by atoms with Gasteiger partial charge in [-0.1, -0.05) is 20.8 Å². The Morgan fingerprint density at radius 2 is 1.69 bits per heavy atom. The maximum absolute atomic E-state index is 2.58. The molecular weight excluding hydrogens is 178 g/mol. The Morgan fingerprint density at radius 3 is 2.00 bits per heavy atom. The van der Waals surface area contributed by atoms with Crippen molar-refractivity contribution in [1.82, 2.24) is 4.90 Å². The fraction of sp³-hybridized carbons (Fsp3) is 1.00. The highest BCUT2D eigenvalue weighted by atomic mass is 32.2. The van der Waals surface area contributed by atoms with Gasteiger partial charge in [-0.25, -0.2) is 0 Å². The van der Waals surface area contributed by atoms with Gasteiger partial charge in [-0.05, 0) is 20.8 Å². The minimum atomic E-state index is 0.378. The first kappa shape index (κ1) is 11.4. The number of hydrogen-bond acceptors (Lipinski definition) is 2. The molecule has 1 aliphatic heterocycles. The monoisotopic (exact) mass is 201 g/mol. The molecule has 2 heteroatoms. The van der Waals surface area contributed by atoms with Gasteiger partial charge in [-0.2, -0.15) is 11.8 Å². The zero-order valence-corrected chi connectivity index (χ0v) is 10.7. The van der Waals surface area contributed by atoms with Crippen LogP contribution < -0.4 is 0 Å². The smallest absolute Gasteiger partial charge is 0.0320 e. The molecule has 0 bridgehead atoms. The van der Waals surface area contributed by atoms with Crippen LogP contribution in [0.2, 0.25) is 0 Å². The van der Waals surface area contributed by atoms with E-state index in [0.29, 0.717) is 10.3 Å². The number of thioether (sulfide) groups is 1. The standard InChI is InChI=1S/C11H23NS/c1-10(2,3)12-7-9(12)8-13-11(4,5)6/h9H,7-8H2,1-6H3. The number of nitrogens with zero attached hydrogens (tertiary/aromatic N) is 1. The molecule has 0 spiro atoms. The second-order valence-electron chi connectivity index (χ2n) is 5.90. The molecule has 2 unspecified atom stereocenters. The van der Waals surface area contributed by atoms with E-state index in [1.165, 1.54) is 12.3 Å². The molecule has 78 valence electrons. The summed E-state index contributed by atoms with van der Waals surface area (Å²) in [5.74, 6) is 1.29. The highest BCUT2D eigenvalue weighted by Crippen LogP contribution is 2.34. The molecule has 13 heavy (non-hydrogen) atoms. The molecule has 0 radical (unpaired) electrons. The van der Waals surface area contributed by atoms with Crippen molar-refractivity contribution < 1.29 is 0 Å². The molecule has 1 rings (SSSR count). The number of hydrogen-bond donors (Lipinski definition) is 0. The summed E-state index contributed by atoms with van der Waals surface area (Å²) in [6.07, 6.45) is 0. The third-order valence-electron chi connectivity index (χ3n) is 2.29. The van der Waals surface area contributed by atoms with Gasteiger partial charge in [0.15, 0.2) is 0 Å². The molecule has 1 fully saturated rings. The molecule has 1 aliphatic rings. The summed E-state index contributed by atoms with van der Waals surface area (Å²) in [7, 11) is 0. The van der Waals surface area contributed by atoms with Crippen LogP contribution in [0.4, 0.5) is 0 Å². The van der Waals surface area contributed by atoms with Crippen molar-refractivity contribution in [1.29, 1.82) is 0 Å². The summed E-state index contributed by atoms with van der Waals surface area (Å²) in [6.45, 7) is 15.1. The summed E-state index contributed by atoms with van der Waals surface area (Å²) in [4.78, 5) is 2.58. The first-order valence-electron chi connectivity index (χ1n) is 5.11. The minimum absolute atomic E-state index is 0.378. The maximum atomic E-state index is 2.58. The van der Waals surface area contributed by atoms with E-state index in [9.17, 15) is 0 Å². The quantitative estimate of drug-likeness (QED) is 0.632. The Hall–Kier alpha value is 0.310. The summed E-state index contributed by atoms with van der Waals surface area (Å²) >= 11 is 2.08. The van der Waals surface area contributed by atoms with Gasteiger partial charge in [0, 0.05) is 28.6 Å². The highest BCUT2D eigenvalue weighted by Gasteiger charge is 2.41. The highest BCUT2D eigenvalue weighted by molar-refractivity contribution is 8.00. The van der Waals surface area contributed by atoms with Crippen molar-refractivity contribution in [3.05, 3.63) is 0 Å². The largest absolute Gasteiger partial charge is 0.292 e. The Balaban J connectivity index is 2.22. The fourth-order valence-electron chi connectivity index (χ4n) is 1.49. The van der Waals surface area contributed by atoms with Crippen LogP contribution in [0.25, 0.3) is 0 Å². The first-order chi connectivity index (χ1) is 5.70. The van der Waals surface area contributed by atoms with Gasteiger partial charge in [-0.15, -0.1) is 0 Å². The molecule has 0 N–H and O–H groups in total. The molecule has 0 saturated carbocycles. The Kier molecular flexibility index (Phi) is 3.04. The average Bonchev–Trinajstić information content (AvgIpc) is 2.57. The second kappa shape index (κ2) is 3.47. The lowest BCUT2D eigenvalue weighted by atomic mass is 10.1.